The number of aliphatic carboxylic acids is 1. The van der Waals surface area contributed by atoms with Gasteiger partial charge in [0.25, 0.3) is 0 Å². The number of halogens is 3. The summed E-state index contributed by atoms with van der Waals surface area (Å²) in [6, 6.07) is 0.407. The van der Waals surface area contributed by atoms with E-state index >= 15 is 0 Å². The number of hydrogen-bond acceptors (Lipinski definition) is 2. The standard InChI is InChI=1S/C12H20F3NO2/c1-9(3-2-7-12(13,14)15)16(10-4-5-10)8-6-11(17)18/h9-10H,2-8H2,1H3,(H,17,18). The summed E-state index contributed by atoms with van der Waals surface area (Å²) in [5.41, 5.74) is 0. The van der Waals surface area contributed by atoms with Crippen molar-refractivity contribution < 1.29 is 23.1 Å². The first-order valence-corrected chi connectivity index (χ1v) is 6.34. The van der Waals surface area contributed by atoms with Crippen molar-refractivity contribution in [3.63, 3.8) is 0 Å². The van der Waals surface area contributed by atoms with Crippen LogP contribution in [-0.2, 0) is 4.79 Å². The lowest BCUT2D eigenvalue weighted by Crippen LogP contribution is -2.37. The first kappa shape index (κ1) is 15.3. The third-order valence-electron chi connectivity index (χ3n) is 3.25. The Labute approximate surface area is 105 Å². The van der Waals surface area contributed by atoms with Gasteiger partial charge in [-0.2, -0.15) is 13.2 Å². The lowest BCUT2D eigenvalue weighted by molar-refractivity contribution is -0.137. The Bertz CT molecular complexity index is 277. The van der Waals surface area contributed by atoms with Crippen LogP contribution in [0.15, 0.2) is 0 Å². The molecule has 1 aliphatic rings. The summed E-state index contributed by atoms with van der Waals surface area (Å²) in [5, 5.41) is 8.65. The molecule has 1 fully saturated rings. The van der Waals surface area contributed by atoms with Gasteiger partial charge in [-0.15, -0.1) is 0 Å². The van der Waals surface area contributed by atoms with Gasteiger partial charge >= 0.3 is 12.1 Å². The SMILES string of the molecule is CC(CCCC(F)(F)F)N(CCC(=O)O)C1CC1. The quantitative estimate of drug-likeness (QED) is 0.734. The van der Waals surface area contributed by atoms with Gasteiger partial charge in [-0.1, -0.05) is 0 Å². The second-order valence-electron chi connectivity index (χ2n) is 4.97. The van der Waals surface area contributed by atoms with Gasteiger partial charge in [0.2, 0.25) is 0 Å². The van der Waals surface area contributed by atoms with E-state index in [0.717, 1.165) is 12.8 Å². The monoisotopic (exact) mass is 267 g/mol. The molecule has 1 unspecified atom stereocenters. The molecule has 0 amide bonds. The van der Waals surface area contributed by atoms with E-state index in [1.54, 1.807) is 0 Å². The predicted octanol–water partition coefficient (Wildman–Crippen LogP) is 3.05. The Kier molecular flexibility index (Phi) is 5.44. The van der Waals surface area contributed by atoms with Crippen LogP contribution in [0.5, 0.6) is 0 Å². The van der Waals surface area contributed by atoms with E-state index in [0.29, 0.717) is 19.0 Å². The van der Waals surface area contributed by atoms with Crippen molar-refractivity contribution >= 4 is 5.97 Å². The van der Waals surface area contributed by atoms with Gasteiger partial charge in [-0.25, -0.2) is 0 Å². The van der Waals surface area contributed by atoms with Crippen molar-refractivity contribution in [3.05, 3.63) is 0 Å². The highest BCUT2D eigenvalue weighted by atomic mass is 19.4. The van der Waals surface area contributed by atoms with Crippen molar-refractivity contribution in [2.24, 2.45) is 0 Å². The summed E-state index contributed by atoms with van der Waals surface area (Å²) in [5.74, 6) is -0.858. The molecule has 0 radical (unpaired) electrons. The maximum atomic E-state index is 12.0. The van der Waals surface area contributed by atoms with Crippen LogP contribution in [0.25, 0.3) is 0 Å². The molecule has 0 aliphatic heterocycles. The molecule has 18 heavy (non-hydrogen) atoms. The highest BCUT2D eigenvalue weighted by Gasteiger charge is 2.33. The number of carbonyl (C=O) groups is 1. The van der Waals surface area contributed by atoms with Crippen LogP contribution in [0.1, 0.15) is 45.4 Å². The first-order chi connectivity index (χ1) is 8.29. The zero-order valence-corrected chi connectivity index (χ0v) is 10.5. The molecule has 0 heterocycles. The highest BCUT2D eigenvalue weighted by Crippen LogP contribution is 2.31. The van der Waals surface area contributed by atoms with E-state index in [9.17, 15) is 18.0 Å². The second kappa shape index (κ2) is 6.41. The molecule has 1 atom stereocenters. The van der Waals surface area contributed by atoms with E-state index in [2.05, 4.69) is 0 Å². The second-order valence-corrected chi connectivity index (χ2v) is 4.97. The molecule has 0 aromatic rings. The van der Waals surface area contributed by atoms with E-state index in [1.807, 2.05) is 11.8 Å². The first-order valence-electron chi connectivity index (χ1n) is 6.34. The van der Waals surface area contributed by atoms with Crippen molar-refractivity contribution in [3.8, 4) is 0 Å². The summed E-state index contributed by atoms with van der Waals surface area (Å²) in [7, 11) is 0. The average molecular weight is 267 g/mol. The van der Waals surface area contributed by atoms with E-state index in [-0.39, 0.29) is 18.9 Å². The zero-order chi connectivity index (χ0) is 13.8. The normalized spacial score (nSPS) is 18.1. The third-order valence-corrected chi connectivity index (χ3v) is 3.25. The highest BCUT2D eigenvalue weighted by molar-refractivity contribution is 5.66. The minimum absolute atomic E-state index is 0.0270. The van der Waals surface area contributed by atoms with Gasteiger partial charge in [0.15, 0.2) is 0 Å². The summed E-state index contributed by atoms with van der Waals surface area (Å²) < 4.78 is 36.1. The Morgan fingerprint density at radius 1 is 1.44 bits per heavy atom. The number of hydrogen-bond donors (Lipinski definition) is 1. The van der Waals surface area contributed by atoms with E-state index in [4.69, 9.17) is 5.11 Å². The van der Waals surface area contributed by atoms with Crippen LogP contribution >= 0.6 is 0 Å². The van der Waals surface area contributed by atoms with Crippen LogP contribution in [0.3, 0.4) is 0 Å². The van der Waals surface area contributed by atoms with Gasteiger partial charge in [0.05, 0.1) is 6.42 Å². The van der Waals surface area contributed by atoms with Crippen molar-refractivity contribution in [1.29, 1.82) is 0 Å². The summed E-state index contributed by atoms with van der Waals surface area (Å²) in [4.78, 5) is 12.6. The number of nitrogens with zero attached hydrogens (tertiary/aromatic N) is 1. The average Bonchev–Trinajstić information content (AvgIpc) is 2.99. The van der Waals surface area contributed by atoms with E-state index < -0.39 is 18.6 Å². The lowest BCUT2D eigenvalue weighted by atomic mass is 10.1. The van der Waals surface area contributed by atoms with Crippen LogP contribution in [-0.4, -0.2) is 40.8 Å². The van der Waals surface area contributed by atoms with Crippen LogP contribution in [0, 0.1) is 0 Å². The number of carboxylic acid groups (broad SMARTS) is 1. The smallest absolute Gasteiger partial charge is 0.389 e. The Morgan fingerprint density at radius 3 is 2.50 bits per heavy atom. The molecule has 6 heteroatoms. The third kappa shape index (κ3) is 6.23. The molecule has 1 N–H and O–H groups in total. The van der Waals surface area contributed by atoms with Crippen LogP contribution in [0.2, 0.25) is 0 Å². The molecule has 1 rings (SSSR count). The number of carboxylic acids is 1. The number of alkyl halides is 3. The fraction of sp³-hybridized carbons (Fsp3) is 0.917. The van der Waals surface area contributed by atoms with Gasteiger partial charge in [0, 0.05) is 25.0 Å². The fourth-order valence-corrected chi connectivity index (χ4v) is 2.16. The molecule has 0 spiro atoms. The Hall–Kier alpha value is -0.780. The molecule has 0 aromatic carbocycles. The Morgan fingerprint density at radius 2 is 2.06 bits per heavy atom. The molecule has 0 saturated heterocycles. The maximum Gasteiger partial charge on any atom is 0.389 e. The van der Waals surface area contributed by atoms with Gasteiger partial charge in [-0.05, 0) is 32.6 Å². The summed E-state index contributed by atoms with van der Waals surface area (Å²) in [6.45, 7) is 2.32. The molecule has 1 aliphatic carbocycles. The topological polar surface area (TPSA) is 40.5 Å². The summed E-state index contributed by atoms with van der Waals surface area (Å²) in [6.07, 6.45) is -2.15. The largest absolute Gasteiger partial charge is 0.481 e. The van der Waals surface area contributed by atoms with Crippen LogP contribution < -0.4 is 0 Å². The molecule has 106 valence electrons. The van der Waals surface area contributed by atoms with Gasteiger partial charge in [-0.3, -0.25) is 9.69 Å². The molecular formula is C12H20F3NO2. The maximum absolute atomic E-state index is 12.0. The fourth-order valence-electron chi connectivity index (χ4n) is 2.16. The lowest BCUT2D eigenvalue weighted by Gasteiger charge is -2.28. The molecular weight excluding hydrogens is 247 g/mol. The Balaban J connectivity index is 2.30. The minimum Gasteiger partial charge on any atom is -0.481 e. The number of rotatable bonds is 8. The zero-order valence-electron chi connectivity index (χ0n) is 10.5. The van der Waals surface area contributed by atoms with Crippen molar-refractivity contribution in [2.75, 3.05) is 6.54 Å². The van der Waals surface area contributed by atoms with Crippen molar-refractivity contribution in [1.82, 2.24) is 4.90 Å². The van der Waals surface area contributed by atoms with Gasteiger partial charge < -0.3 is 5.11 Å². The van der Waals surface area contributed by atoms with Crippen molar-refractivity contribution in [2.45, 2.75) is 63.7 Å². The molecule has 0 aromatic heterocycles. The minimum atomic E-state index is -4.09. The van der Waals surface area contributed by atoms with Crippen LogP contribution in [0.4, 0.5) is 13.2 Å². The van der Waals surface area contributed by atoms with E-state index in [1.165, 1.54) is 0 Å². The molecule has 3 nitrogen and oxygen atoms in total. The molecule has 0 bridgehead atoms. The summed E-state index contributed by atoms with van der Waals surface area (Å²) >= 11 is 0. The van der Waals surface area contributed by atoms with Gasteiger partial charge in [0.1, 0.15) is 0 Å². The predicted molar refractivity (Wildman–Crippen MR) is 61.3 cm³/mol. The molecule has 1 saturated carbocycles.